The first kappa shape index (κ1) is 11.9. The Morgan fingerprint density at radius 2 is 1.53 bits per heavy atom. The van der Waals surface area contributed by atoms with Crippen molar-refractivity contribution >= 4 is 21.7 Å². The molecule has 0 N–H and O–H groups in total. The van der Waals surface area contributed by atoms with Gasteiger partial charge >= 0.3 is 0 Å². The van der Waals surface area contributed by atoms with Gasteiger partial charge in [-0.15, -0.1) is 0 Å². The Morgan fingerprint density at radius 1 is 0.941 bits per heavy atom. The van der Waals surface area contributed by atoms with Crippen LogP contribution in [0.3, 0.4) is 0 Å². The average Bonchev–Trinajstić information content (AvgIpc) is 2.33. The predicted octanol–water partition coefficient (Wildman–Crippen LogP) is 3.96. The zero-order chi connectivity index (χ0) is 12.4. The Kier molecular flexibility index (Phi) is 3.33. The maximum absolute atomic E-state index is 13.0. The maximum Gasteiger partial charge on any atom is 0.193 e. The van der Waals surface area contributed by atoms with E-state index in [4.69, 9.17) is 0 Å². The standard InChI is InChI=1S/C13H7BrF2O/c14-11-7-9(3-6-12(11)16)13(17)8-1-4-10(15)5-2-8/h1-7H. The van der Waals surface area contributed by atoms with E-state index in [0.29, 0.717) is 11.1 Å². The van der Waals surface area contributed by atoms with Crippen LogP contribution in [0.1, 0.15) is 15.9 Å². The van der Waals surface area contributed by atoms with Crippen LogP contribution in [0.15, 0.2) is 46.9 Å². The highest BCUT2D eigenvalue weighted by Gasteiger charge is 2.10. The van der Waals surface area contributed by atoms with Crippen LogP contribution < -0.4 is 0 Å². The van der Waals surface area contributed by atoms with Crippen molar-refractivity contribution in [1.29, 1.82) is 0 Å². The second kappa shape index (κ2) is 4.75. The van der Waals surface area contributed by atoms with Gasteiger partial charge in [0, 0.05) is 11.1 Å². The molecule has 2 rings (SSSR count). The van der Waals surface area contributed by atoms with E-state index in [0.717, 1.165) is 0 Å². The summed E-state index contributed by atoms with van der Waals surface area (Å²) in [6, 6.07) is 9.23. The van der Waals surface area contributed by atoms with Crippen LogP contribution in [0, 0.1) is 11.6 Å². The smallest absolute Gasteiger partial charge is 0.193 e. The number of halogens is 3. The molecular weight excluding hydrogens is 290 g/mol. The second-order valence-electron chi connectivity index (χ2n) is 3.46. The van der Waals surface area contributed by atoms with Gasteiger partial charge in [0.15, 0.2) is 5.78 Å². The van der Waals surface area contributed by atoms with Crippen LogP contribution >= 0.6 is 15.9 Å². The zero-order valence-electron chi connectivity index (χ0n) is 8.58. The first-order valence-corrected chi connectivity index (χ1v) is 5.62. The van der Waals surface area contributed by atoms with Crippen molar-refractivity contribution in [3.05, 3.63) is 69.7 Å². The number of rotatable bonds is 2. The summed E-state index contributed by atoms with van der Waals surface area (Å²) in [5, 5.41) is 0. The van der Waals surface area contributed by atoms with Gasteiger partial charge in [-0.05, 0) is 58.4 Å². The number of hydrogen-bond donors (Lipinski definition) is 0. The molecule has 86 valence electrons. The van der Waals surface area contributed by atoms with Crippen molar-refractivity contribution in [2.75, 3.05) is 0 Å². The highest BCUT2D eigenvalue weighted by atomic mass is 79.9. The fourth-order valence-electron chi connectivity index (χ4n) is 1.41. The molecule has 0 spiro atoms. The van der Waals surface area contributed by atoms with E-state index in [9.17, 15) is 13.6 Å². The molecule has 0 atom stereocenters. The fraction of sp³-hybridized carbons (Fsp3) is 0. The summed E-state index contributed by atoms with van der Waals surface area (Å²) >= 11 is 3.01. The molecule has 0 unspecified atom stereocenters. The molecule has 0 aliphatic heterocycles. The normalized spacial score (nSPS) is 10.3. The molecule has 1 nitrogen and oxygen atoms in total. The third kappa shape index (κ3) is 2.58. The molecule has 0 aliphatic rings. The van der Waals surface area contributed by atoms with Gasteiger partial charge in [0.1, 0.15) is 11.6 Å². The summed E-state index contributed by atoms with van der Waals surface area (Å²) < 4.78 is 25.9. The largest absolute Gasteiger partial charge is 0.289 e. The lowest BCUT2D eigenvalue weighted by Gasteiger charge is -2.02. The van der Waals surface area contributed by atoms with Crippen molar-refractivity contribution in [3.8, 4) is 0 Å². The second-order valence-corrected chi connectivity index (χ2v) is 4.32. The van der Waals surface area contributed by atoms with E-state index in [2.05, 4.69) is 15.9 Å². The Morgan fingerprint density at radius 3 is 2.12 bits per heavy atom. The van der Waals surface area contributed by atoms with Gasteiger partial charge in [0.2, 0.25) is 0 Å². The van der Waals surface area contributed by atoms with Gasteiger partial charge in [-0.2, -0.15) is 0 Å². The van der Waals surface area contributed by atoms with E-state index in [-0.39, 0.29) is 10.3 Å². The maximum atomic E-state index is 13.0. The van der Waals surface area contributed by atoms with Crippen LogP contribution in [0.4, 0.5) is 8.78 Å². The zero-order valence-corrected chi connectivity index (χ0v) is 10.2. The van der Waals surface area contributed by atoms with Crippen molar-refractivity contribution in [2.45, 2.75) is 0 Å². The summed E-state index contributed by atoms with van der Waals surface area (Å²) in [5.74, 6) is -1.10. The summed E-state index contributed by atoms with van der Waals surface area (Å²) in [6.45, 7) is 0. The molecule has 2 aromatic carbocycles. The third-order valence-corrected chi connectivity index (χ3v) is 2.90. The molecule has 0 aromatic heterocycles. The minimum absolute atomic E-state index is 0.227. The number of ketones is 1. The SMILES string of the molecule is O=C(c1ccc(F)cc1)c1ccc(F)c(Br)c1. The number of hydrogen-bond acceptors (Lipinski definition) is 1. The molecule has 0 fully saturated rings. The van der Waals surface area contributed by atoms with Crippen LogP contribution in [0.2, 0.25) is 0 Å². The van der Waals surface area contributed by atoms with Crippen LogP contribution in [-0.4, -0.2) is 5.78 Å². The summed E-state index contributed by atoms with van der Waals surface area (Å²) in [4.78, 5) is 12.0. The quantitative estimate of drug-likeness (QED) is 0.767. The average molecular weight is 297 g/mol. The minimum Gasteiger partial charge on any atom is -0.289 e. The lowest BCUT2D eigenvalue weighted by molar-refractivity contribution is 0.103. The van der Waals surface area contributed by atoms with Gasteiger partial charge in [-0.1, -0.05) is 0 Å². The monoisotopic (exact) mass is 296 g/mol. The van der Waals surface area contributed by atoms with Gasteiger partial charge < -0.3 is 0 Å². The van der Waals surface area contributed by atoms with E-state index in [1.165, 1.54) is 42.5 Å². The first-order valence-electron chi connectivity index (χ1n) is 4.83. The summed E-state index contributed by atoms with van der Waals surface area (Å²) in [6.07, 6.45) is 0. The molecule has 0 bridgehead atoms. The third-order valence-electron chi connectivity index (χ3n) is 2.29. The van der Waals surface area contributed by atoms with E-state index in [1.807, 2.05) is 0 Å². The van der Waals surface area contributed by atoms with Crippen molar-refractivity contribution < 1.29 is 13.6 Å². The Bertz CT molecular complexity index is 564. The first-order chi connectivity index (χ1) is 8.08. The number of carbonyl (C=O) groups is 1. The van der Waals surface area contributed by atoms with Gasteiger partial charge in [0.05, 0.1) is 4.47 Å². The topological polar surface area (TPSA) is 17.1 Å². The van der Waals surface area contributed by atoms with Crippen molar-refractivity contribution in [1.82, 2.24) is 0 Å². The highest BCUT2D eigenvalue weighted by Crippen LogP contribution is 2.19. The van der Waals surface area contributed by atoms with E-state index in [1.54, 1.807) is 0 Å². The fourth-order valence-corrected chi connectivity index (χ4v) is 1.78. The molecule has 2 aromatic rings. The Balaban J connectivity index is 2.37. The summed E-state index contributed by atoms with van der Waals surface area (Å²) in [5.41, 5.74) is 0.717. The molecule has 0 heterocycles. The van der Waals surface area contributed by atoms with Gasteiger partial charge in [-0.25, -0.2) is 8.78 Å². The molecule has 4 heteroatoms. The number of carbonyl (C=O) groups excluding carboxylic acids is 1. The molecule has 0 amide bonds. The lowest BCUT2D eigenvalue weighted by atomic mass is 10.0. The van der Waals surface area contributed by atoms with Crippen molar-refractivity contribution in [2.24, 2.45) is 0 Å². The molecule has 0 saturated heterocycles. The molecular formula is C13H7BrF2O. The van der Waals surface area contributed by atoms with Crippen LogP contribution in [-0.2, 0) is 0 Å². The number of benzene rings is 2. The molecule has 0 aliphatic carbocycles. The highest BCUT2D eigenvalue weighted by molar-refractivity contribution is 9.10. The van der Waals surface area contributed by atoms with Crippen LogP contribution in [0.25, 0.3) is 0 Å². The van der Waals surface area contributed by atoms with Crippen LogP contribution in [0.5, 0.6) is 0 Å². The summed E-state index contributed by atoms with van der Waals surface area (Å²) in [7, 11) is 0. The molecule has 17 heavy (non-hydrogen) atoms. The minimum atomic E-state index is -0.430. The predicted molar refractivity (Wildman–Crippen MR) is 63.9 cm³/mol. The Hall–Kier alpha value is -1.55. The molecule has 0 radical (unpaired) electrons. The van der Waals surface area contributed by atoms with Crippen molar-refractivity contribution in [3.63, 3.8) is 0 Å². The molecule has 0 saturated carbocycles. The van der Waals surface area contributed by atoms with E-state index < -0.39 is 11.6 Å². The van der Waals surface area contributed by atoms with Gasteiger partial charge in [-0.3, -0.25) is 4.79 Å². The van der Waals surface area contributed by atoms with Gasteiger partial charge in [0.25, 0.3) is 0 Å². The Labute approximate surface area is 105 Å². The lowest BCUT2D eigenvalue weighted by Crippen LogP contribution is -2.01. The van der Waals surface area contributed by atoms with E-state index >= 15 is 0 Å².